The van der Waals surface area contributed by atoms with Crippen LogP contribution in [0, 0.1) is 5.82 Å². The summed E-state index contributed by atoms with van der Waals surface area (Å²) in [5, 5.41) is 4.16. The average molecular weight is 377 g/mol. The Kier molecular flexibility index (Phi) is 4.94. The van der Waals surface area contributed by atoms with E-state index >= 15 is 0 Å². The van der Waals surface area contributed by atoms with E-state index in [0.29, 0.717) is 11.7 Å². The van der Waals surface area contributed by atoms with Crippen molar-refractivity contribution in [1.82, 2.24) is 19.5 Å². The Morgan fingerprint density at radius 2 is 1.86 bits per heavy atom. The number of nitrogens with one attached hydrogen (secondary N) is 1. The van der Waals surface area contributed by atoms with E-state index in [0.717, 1.165) is 52.8 Å². The van der Waals surface area contributed by atoms with Gasteiger partial charge in [-0.2, -0.15) is 0 Å². The van der Waals surface area contributed by atoms with Gasteiger partial charge in [-0.05, 0) is 42.8 Å². The Morgan fingerprint density at radius 1 is 1.07 bits per heavy atom. The van der Waals surface area contributed by atoms with E-state index in [1.54, 1.807) is 18.5 Å². The van der Waals surface area contributed by atoms with Crippen LogP contribution in [0.15, 0.2) is 42.7 Å². The average Bonchev–Trinajstić information content (AvgIpc) is 3.04. The standard InChI is InChI=1S/C22H24FN5/c1-4-5-10-28-20-12-18-17(11-19(20)27-22(28)14(2)3)21(25-13-24-18)26-16-8-6-15(23)7-9-16/h6-9,11-14H,4-5,10H2,1-3H3,(H,24,25,26). The van der Waals surface area contributed by atoms with Crippen molar-refractivity contribution in [1.29, 1.82) is 0 Å². The highest BCUT2D eigenvalue weighted by Crippen LogP contribution is 2.30. The summed E-state index contributed by atoms with van der Waals surface area (Å²) in [6, 6.07) is 10.4. The first-order valence-electron chi connectivity index (χ1n) is 9.74. The largest absolute Gasteiger partial charge is 0.340 e. The number of unbranched alkanes of at least 4 members (excludes halogenated alkanes) is 1. The number of hydrogen-bond donors (Lipinski definition) is 1. The van der Waals surface area contributed by atoms with E-state index in [-0.39, 0.29) is 5.82 Å². The summed E-state index contributed by atoms with van der Waals surface area (Å²) >= 11 is 0. The molecule has 0 saturated carbocycles. The number of rotatable bonds is 6. The first kappa shape index (κ1) is 18.3. The molecule has 0 amide bonds. The van der Waals surface area contributed by atoms with Gasteiger partial charge in [0.05, 0.1) is 16.6 Å². The first-order valence-corrected chi connectivity index (χ1v) is 9.74. The number of aryl methyl sites for hydroxylation is 1. The number of anilines is 2. The summed E-state index contributed by atoms with van der Waals surface area (Å²) in [5.74, 6) is 1.86. The van der Waals surface area contributed by atoms with Crippen molar-refractivity contribution in [3.63, 3.8) is 0 Å². The molecule has 4 aromatic rings. The van der Waals surface area contributed by atoms with Gasteiger partial charge in [-0.3, -0.25) is 0 Å². The Labute approximate surface area is 163 Å². The maximum atomic E-state index is 13.2. The van der Waals surface area contributed by atoms with E-state index < -0.39 is 0 Å². The highest BCUT2D eigenvalue weighted by Gasteiger charge is 2.16. The zero-order valence-electron chi connectivity index (χ0n) is 16.4. The summed E-state index contributed by atoms with van der Waals surface area (Å²) < 4.78 is 15.5. The molecular weight excluding hydrogens is 353 g/mol. The zero-order valence-corrected chi connectivity index (χ0v) is 16.4. The van der Waals surface area contributed by atoms with E-state index in [9.17, 15) is 4.39 Å². The van der Waals surface area contributed by atoms with Gasteiger partial charge < -0.3 is 9.88 Å². The SMILES string of the molecule is CCCCn1c(C(C)C)nc2cc3c(Nc4ccc(F)cc4)ncnc3cc21. The summed E-state index contributed by atoms with van der Waals surface area (Å²) in [4.78, 5) is 13.8. The predicted octanol–water partition coefficient (Wildman–Crippen LogP) is 5.79. The Hall–Kier alpha value is -3.02. The van der Waals surface area contributed by atoms with Crippen molar-refractivity contribution in [2.75, 3.05) is 5.32 Å². The molecule has 0 radical (unpaired) electrons. The molecule has 2 heterocycles. The molecule has 6 heteroatoms. The molecule has 4 rings (SSSR count). The molecule has 0 bridgehead atoms. The Balaban J connectivity index is 1.83. The van der Waals surface area contributed by atoms with Crippen LogP contribution in [0.4, 0.5) is 15.9 Å². The maximum absolute atomic E-state index is 13.2. The second kappa shape index (κ2) is 7.54. The molecule has 0 aliphatic rings. The van der Waals surface area contributed by atoms with Crippen LogP contribution in [-0.4, -0.2) is 19.5 Å². The summed E-state index contributed by atoms with van der Waals surface area (Å²) in [5.41, 5.74) is 3.69. The minimum atomic E-state index is -0.265. The molecule has 0 spiro atoms. The third-order valence-corrected chi connectivity index (χ3v) is 4.89. The van der Waals surface area contributed by atoms with Crippen LogP contribution in [0.2, 0.25) is 0 Å². The van der Waals surface area contributed by atoms with Gasteiger partial charge in [0.2, 0.25) is 0 Å². The molecule has 0 atom stereocenters. The lowest BCUT2D eigenvalue weighted by molar-refractivity contribution is 0.595. The topological polar surface area (TPSA) is 55.6 Å². The number of fused-ring (bicyclic) bond motifs is 2. The van der Waals surface area contributed by atoms with Gasteiger partial charge in [-0.15, -0.1) is 0 Å². The lowest BCUT2D eigenvalue weighted by Crippen LogP contribution is -2.05. The fraction of sp³-hybridized carbons (Fsp3) is 0.318. The Morgan fingerprint density at radius 3 is 2.57 bits per heavy atom. The van der Waals surface area contributed by atoms with Crippen LogP contribution in [0.25, 0.3) is 21.9 Å². The number of hydrogen-bond acceptors (Lipinski definition) is 4. The number of halogens is 1. The van der Waals surface area contributed by atoms with Crippen molar-refractivity contribution >= 4 is 33.4 Å². The maximum Gasteiger partial charge on any atom is 0.141 e. The van der Waals surface area contributed by atoms with Crippen LogP contribution in [-0.2, 0) is 6.54 Å². The highest BCUT2D eigenvalue weighted by molar-refractivity contribution is 5.99. The molecule has 144 valence electrons. The summed E-state index contributed by atoms with van der Waals surface area (Å²) in [7, 11) is 0. The minimum Gasteiger partial charge on any atom is -0.340 e. The van der Waals surface area contributed by atoms with E-state index in [2.05, 4.69) is 46.7 Å². The minimum absolute atomic E-state index is 0.265. The third-order valence-electron chi connectivity index (χ3n) is 4.89. The molecule has 0 saturated heterocycles. The van der Waals surface area contributed by atoms with Crippen molar-refractivity contribution in [3.05, 3.63) is 54.4 Å². The second-order valence-corrected chi connectivity index (χ2v) is 7.34. The fourth-order valence-electron chi connectivity index (χ4n) is 3.46. The number of imidazole rings is 1. The van der Waals surface area contributed by atoms with Crippen LogP contribution in [0.5, 0.6) is 0 Å². The monoisotopic (exact) mass is 377 g/mol. The van der Waals surface area contributed by atoms with E-state index in [4.69, 9.17) is 4.98 Å². The second-order valence-electron chi connectivity index (χ2n) is 7.34. The molecule has 5 nitrogen and oxygen atoms in total. The van der Waals surface area contributed by atoms with Crippen LogP contribution < -0.4 is 5.32 Å². The van der Waals surface area contributed by atoms with Crippen molar-refractivity contribution < 1.29 is 4.39 Å². The van der Waals surface area contributed by atoms with Gasteiger partial charge >= 0.3 is 0 Å². The molecule has 0 unspecified atom stereocenters. The fourth-order valence-corrected chi connectivity index (χ4v) is 3.46. The van der Waals surface area contributed by atoms with E-state index in [1.165, 1.54) is 12.1 Å². The molecule has 1 N–H and O–H groups in total. The van der Waals surface area contributed by atoms with Gasteiger partial charge in [0.15, 0.2) is 0 Å². The van der Waals surface area contributed by atoms with Gasteiger partial charge in [0.25, 0.3) is 0 Å². The Bertz CT molecular complexity index is 1120. The van der Waals surface area contributed by atoms with E-state index in [1.807, 2.05) is 6.07 Å². The van der Waals surface area contributed by atoms with Crippen LogP contribution >= 0.6 is 0 Å². The smallest absolute Gasteiger partial charge is 0.141 e. The molecular formula is C22H24FN5. The summed E-state index contributed by atoms with van der Waals surface area (Å²) in [6.07, 6.45) is 3.80. The lowest BCUT2D eigenvalue weighted by atomic mass is 10.2. The molecule has 28 heavy (non-hydrogen) atoms. The number of benzene rings is 2. The quantitative estimate of drug-likeness (QED) is 0.462. The van der Waals surface area contributed by atoms with Gasteiger partial charge in [0, 0.05) is 23.5 Å². The molecule has 2 aromatic heterocycles. The van der Waals surface area contributed by atoms with Crippen LogP contribution in [0.3, 0.4) is 0 Å². The highest BCUT2D eigenvalue weighted by atomic mass is 19.1. The molecule has 0 aliphatic heterocycles. The zero-order chi connectivity index (χ0) is 19.7. The van der Waals surface area contributed by atoms with Gasteiger partial charge in [0.1, 0.15) is 23.8 Å². The first-order chi connectivity index (χ1) is 13.6. The lowest BCUT2D eigenvalue weighted by Gasteiger charge is -2.11. The molecule has 0 aliphatic carbocycles. The molecule has 0 fully saturated rings. The van der Waals surface area contributed by atoms with Crippen molar-refractivity contribution in [2.45, 2.75) is 46.1 Å². The third kappa shape index (κ3) is 3.42. The predicted molar refractivity (Wildman–Crippen MR) is 112 cm³/mol. The summed E-state index contributed by atoms with van der Waals surface area (Å²) in [6.45, 7) is 7.50. The van der Waals surface area contributed by atoms with Crippen LogP contribution in [0.1, 0.15) is 45.4 Å². The number of nitrogens with zero attached hydrogens (tertiary/aromatic N) is 4. The van der Waals surface area contributed by atoms with Crippen molar-refractivity contribution in [3.8, 4) is 0 Å². The van der Waals surface area contributed by atoms with Crippen molar-refractivity contribution in [2.24, 2.45) is 0 Å². The molecule has 2 aromatic carbocycles. The van der Waals surface area contributed by atoms with Gasteiger partial charge in [-0.25, -0.2) is 19.3 Å². The van der Waals surface area contributed by atoms with Gasteiger partial charge in [-0.1, -0.05) is 27.2 Å². The number of aromatic nitrogens is 4. The normalized spacial score (nSPS) is 11.6.